The fraction of sp³-hybridized carbons (Fsp3) is 0.286. The van der Waals surface area contributed by atoms with E-state index < -0.39 is 36.1 Å². The van der Waals surface area contributed by atoms with Crippen molar-refractivity contribution < 1.29 is 27.5 Å². The number of esters is 1. The Labute approximate surface area is 129 Å². The van der Waals surface area contributed by atoms with E-state index in [4.69, 9.17) is 4.42 Å². The van der Waals surface area contributed by atoms with Gasteiger partial charge in [-0.2, -0.15) is 8.78 Å². The standard InChI is InChI=1S/C14H13F2N3O4/c1-7-3-5-8(6-4-7)11(20)17-9(14(21)22-2)12-18-19-13(23-12)10(15)16/h3-6,9-10H,1-2H3,(H,17,20)/t9-/m1/s1. The van der Waals surface area contributed by atoms with Crippen LogP contribution in [0.15, 0.2) is 28.7 Å². The van der Waals surface area contributed by atoms with Crippen LogP contribution in [0.2, 0.25) is 0 Å². The van der Waals surface area contributed by atoms with Crippen LogP contribution < -0.4 is 5.32 Å². The SMILES string of the molecule is COC(=O)[C@H](NC(=O)c1ccc(C)cc1)c1nnc(C(F)F)o1. The number of hydrogen-bond donors (Lipinski definition) is 1. The van der Waals surface area contributed by atoms with E-state index in [0.717, 1.165) is 12.7 Å². The number of carbonyl (C=O) groups excluding carboxylic acids is 2. The maximum absolute atomic E-state index is 12.5. The Balaban J connectivity index is 2.23. The minimum atomic E-state index is -2.98. The molecule has 0 spiro atoms. The van der Waals surface area contributed by atoms with Crippen LogP contribution in [0.5, 0.6) is 0 Å². The molecular formula is C14H13F2N3O4. The van der Waals surface area contributed by atoms with E-state index in [1.165, 1.54) is 0 Å². The Kier molecular flexibility index (Phi) is 4.99. The summed E-state index contributed by atoms with van der Waals surface area (Å²) in [6, 6.07) is 5.05. The Hall–Kier alpha value is -2.84. The highest BCUT2D eigenvalue weighted by molar-refractivity contribution is 5.96. The molecule has 0 radical (unpaired) electrons. The highest BCUT2D eigenvalue weighted by Crippen LogP contribution is 2.21. The van der Waals surface area contributed by atoms with Gasteiger partial charge in [0, 0.05) is 5.56 Å². The summed E-state index contributed by atoms with van der Waals surface area (Å²) in [5, 5.41) is 8.79. The van der Waals surface area contributed by atoms with E-state index in [9.17, 15) is 18.4 Å². The average Bonchev–Trinajstić information content (AvgIpc) is 3.02. The van der Waals surface area contributed by atoms with Crippen molar-refractivity contribution in [3.05, 3.63) is 47.2 Å². The largest absolute Gasteiger partial charge is 0.467 e. The van der Waals surface area contributed by atoms with Gasteiger partial charge in [-0.05, 0) is 19.1 Å². The predicted octanol–water partition coefficient (Wildman–Crippen LogP) is 1.96. The average molecular weight is 325 g/mol. The smallest absolute Gasteiger partial charge is 0.338 e. The molecule has 23 heavy (non-hydrogen) atoms. The maximum Gasteiger partial charge on any atom is 0.338 e. The number of hydrogen-bond acceptors (Lipinski definition) is 6. The third-order valence-corrected chi connectivity index (χ3v) is 2.92. The Morgan fingerprint density at radius 2 is 1.78 bits per heavy atom. The summed E-state index contributed by atoms with van der Waals surface area (Å²) in [4.78, 5) is 23.9. The number of aryl methyl sites for hydroxylation is 1. The lowest BCUT2D eigenvalue weighted by Crippen LogP contribution is -2.34. The molecule has 1 heterocycles. The first-order valence-electron chi connectivity index (χ1n) is 6.49. The van der Waals surface area contributed by atoms with E-state index in [1.54, 1.807) is 24.3 Å². The monoisotopic (exact) mass is 325 g/mol. The van der Waals surface area contributed by atoms with Crippen molar-refractivity contribution >= 4 is 11.9 Å². The zero-order valence-electron chi connectivity index (χ0n) is 12.2. The molecule has 7 nitrogen and oxygen atoms in total. The number of benzene rings is 1. The molecule has 1 N–H and O–H groups in total. The first kappa shape index (κ1) is 16.5. The Morgan fingerprint density at radius 1 is 1.17 bits per heavy atom. The molecular weight excluding hydrogens is 312 g/mol. The van der Waals surface area contributed by atoms with Crippen LogP contribution in [0.4, 0.5) is 8.78 Å². The number of halogens is 2. The zero-order chi connectivity index (χ0) is 17.0. The third kappa shape index (κ3) is 3.87. The third-order valence-electron chi connectivity index (χ3n) is 2.92. The highest BCUT2D eigenvalue weighted by atomic mass is 19.3. The molecule has 1 amide bonds. The van der Waals surface area contributed by atoms with Crippen LogP contribution >= 0.6 is 0 Å². The second-order valence-corrected chi connectivity index (χ2v) is 4.57. The van der Waals surface area contributed by atoms with Gasteiger partial charge < -0.3 is 14.5 Å². The highest BCUT2D eigenvalue weighted by Gasteiger charge is 2.31. The van der Waals surface area contributed by atoms with Crippen LogP contribution in [0.1, 0.15) is 40.2 Å². The topological polar surface area (TPSA) is 94.3 Å². The summed E-state index contributed by atoms with van der Waals surface area (Å²) >= 11 is 0. The number of carbonyl (C=O) groups is 2. The van der Waals surface area contributed by atoms with Crippen LogP contribution in [0.25, 0.3) is 0 Å². The normalized spacial score (nSPS) is 12.0. The summed E-state index contributed by atoms with van der Waals surface area (Å²) in [6.45, 7) is 1.85. The van der Waals surface area contributed by atoms with Gasteiger partial charge in [0.15, 0.2) is 0 Å². The molecule has 2 rings (SSSR count). The maximum atomic E-state index is 12.5. The van der Waals surface area contributed by atoms with Gasteiger partial charge in [-0.1, -0.05) is 17.7 Å². The number of alkyl halides is 2. The van der Waals surface area contributed by atoms with E-state index in [2.05, 4.69) is 20.3 Å². The van der Waals surface area contributed by atoms with Crippen molar-refractivity contribution in [1.82, 2.24) is 15.5 Å². The van der Waals surface area contributed by atoms with Crippen LogP contribution in [0.3, 0.4) is 0 Å². The number of aromatic nitrogens is 2. The second-order valence-electron chi connectivity index (χ2n) is 4.57. The van der Waals surface area contributed by atoms with E-state index >= 15 is 0 Å². The molecule has 0 aliphatic carbocycles. The molecule has 122 valence electrons. The Morgan fingerprint density at radius 3 is 2.30 bits per heavy atom. The van der Waals surface area contributed by atoms with Gasteiger partial charge in [-0.15, -0.1) is 10.2 Å². The van der Waals surface area contributed by atoms with Gasteiger partial charge in [-0.3, -0.25) is 4.79 Å². The molecule has 0 fully saturated rings. The van der Waals surface area contributed by atoms with Gasteiger partial charge in [-0.25, -0.2) is 4.79 Å². The lowest BCUT2D eigenvalue weighted by molar-refractivity contribution is -0.143. The van der Waals surface area contributed by atoms with E-state index in [0.29, 0.717) is 0 Å². The van der Waals surface area contributed by atoms with Gasteiger partial charge in [0.05, 0.1) is 7.11 Å². The molecule has 2 aromatic rings. The number of amides is 1. The fourth-order valence-corrected chi connectivity index (χ4v) is 1.71. The van der Waals surface area contributed by atoms with Crippen LogP contribution in [-0.2, 0) is 9.53 Å². The molecule has 0 saturated heterocycles. The van der Waals surface area contributed by atoms with Crippen molar-refractivity contribution in [2.75, 3.05) is 7.11 Å². The molecule has 0 aliphatic rings. The zero-order valence-corrected chi connectivity index (χ0v) is 12.2. The molecule has 0 aliphatic heterocycles. The fourth-order valence-electron chi connectivity index (χ4n) is 1.71. The predicted molar refractivity (Wildman–Crippen MR) is 72.7 cm³/mol. The number of ether oxygens (including phenoxy) is 1. The molecule has 9 heteroatoms. The van der Waals surface area contributed by atoms with Crippen LogP contribution in [0, 0.1) is 6.92 Å². The lowest BCUT2D eigenvalue weighted by Gasteiger charge is -2.13. The minimum absolute atomic E-state index is 0.276. The van der Waals surface area contributed by atoms with Gasteiger partial charge in [0.25, 0.3) is 17.7 Å². The van der Waals surface area contributed by atoms with Gasteiger partial charge in [0.2, 0.25) is 6.04 Å². The van der Waals surface area contributed by atoms with E-state index in [1.807, 2.05) is 6.92 Å². The molecule has 0 saturated carbocycles. The molecule has 1 aromatic carbocycles. The first-order valence-corrected chi connectivity index (χ1v) is 6.49. The summed E-state index contributed by atoms with van der Waals surface area (Å²) < 4.78 is 34.2. The lowest BCUT2D eigenvalue weighted by atomic mass is 10.1. The summed E-state index contributed by atoms with van der Waals surface area (Å²) in [7, 11) is 1.08. The minimum Gasteiger partial charge on any atom is -0.467 e. The number of nitrogens with zero attached hydrogens (tertiary/aromatic N) is 2. The molecule has 0 bridgehead atoms. The molecule has 1 aromatic heterocycles. The van der Waals surface area contributed by atoms with Crippen LogP contribution in [-0.4, -0.2) is 29.2 Å². The number of nitrogens with one attached hydrogen (secondary N) is 1. The van der Waals surface area contributed by atoms with Gasteiger partial charge in [0.1, 0.15) is 0 Å². The summed E-state index contributed by atoms with van der Waals surface area (Å²) in [6.07, 6.45) is -2.98. The van der Waals surface area contributed by atoms with Gasteiger partial charge >= 0.3 is 12.4 Å². The molecule has 0 unspecified atom stereocenters. The quantitative estimate of drug-likeness (QED) is 0.845. The van der Waals surface area contributed by atoms with Crippen molar-refractivity contribution in [1.29, 1.82) is 0 Å². The number of methoxy groups -OCH3 is 1. The summed E-state index contributed by atoms with van der Waals surface area (Å²) in [5.41, 5.74) is 1.22. The molecule has 1 atom stereocenters. The number of rotatable bonds is 5. The van der Waals surface area contributed by atoms with Crippen molar-refractivity contribution in [2.45, 2.75) is 19.4 Å². The second kappa shape index (κ2) is 6.95. The van der Waals surface area contributed by atoms with Crippen molar-refractivity contribution in [3.63, 3.8) is 0 Å². The first-order chi connectivity index (χ1) is 10.9. The Bertz CT molecular complexity index is 700. The summed E-state index contributed by atoms with van der Waals surface area (Å²) in [5.74, 6) is -2.96. The van der Waals surface area contributed by atoms with Crippen molar-refractivity contribution in [3.8, 4) is 0 Å². The van der Waals surface area contributed by atoms with Crippen molar-refractivity contribution in [2.24, 2.45) is 0 Å². The van der Waals surface area contributed by atoms with E-state index in [-0.39, 0.29) is 5.56 Å².